The molecule has 0 atom stereocenters. The zero-order valence-corrected chi connectivity index (χ0v) is 10.2. The molecule has 0 saturated carbocycles. The summed E-state index contributed by atoms with van der Waals surface area (Å²) in [5, 5.41) is 18.2. The van der Waals surface area contributed by atoms with Crippen LogP contribution in [0.5, 0.6) is 0 Å². The largest absolute Gasteiger partial charge is 0.384 e. The Morgan fingerprint density at radius 1 is 1.53 bits per heavy atom. The number of hydrogen-bond acceptors (Lipinski definition) is 6. The third-order valence-corrected chi connectivity index (χ3v) is 2.56. The Morgan fingerprint density at radius 2 is 2.37 bits per heavy atom. The molecule has 1 aromatic carbocycles. The number of amides is 1. The molecule has 2 N–H and O–H groups in total. The van der Waals surface area contributed by atoms with Gasteiger partial charge in [0.25, 0.3) is 5.91 Å². The topological polar surface area (TPSA) is 88.0 Å². The first-order valence-corrected chi connectivity index (χ1v) is 5.83. The van der Waals surface area contributed by atoms with Gasteiger partial charge in [0.15, 0.2) is 0 Å². The summed E-state index contributed by atoms with van der Waals surface area (Å²) in [6.07, 6.45) is 0. The lowest BCUT2D eigenvalue weighted by Gasteiger charge is -2.03. The predicted octanol–water partition coefficient (Wildman–Crippen LogP) is 0.668. The fourth-order valence-corrected chi connectivity index (χ4v) is 1.66. The van der Waals surface area contributed by atoms with Gasteiger partial charge in [-0.3, -0.25) is 10.1 Å². The second kappa shape index (κ2) is 5.99. The van der Waals surface area contributed by atoms with Crippen LogP contribution in [0.3, 0.4) is 0 Å². The molecule has 0 aliphatic heterocycles. The van der Waals surface area contributed by atoms with E-state index in [1.54, 1.807) is 0 Å². The van der Waals surface area contributed by atoms with Crippen LogP contribution in [0.15, 0.2) is 18.2 Å². The summed E-state index contributed by atoms with van der Waals surface area (Å²) in [6.45, 7) is -0.377. The first-order chi connectivity index (χ1) is 9.20. The molecule has 96 valence electrons. The Morgan fingerprint density at radius 3 is 3.05 bits per heavy atom. The van der Waals surface area contributed by atoms with Crippen LogP contribution in [0.4, 0.5) is 9.52 Å². The quantitative estimate of drug-likeness (QED) is 0.788. The molecular weight excluding hydrogens is 271 g/mol. The number of hydrogen-bond donors (Lipinski definition) is 2. The number of rotatable bonds is 2. The lowest BCUT2D eigenvalue weighted by Crippen LogP contribution is -2.13. The summed E-state index contributed by atoms with van der Waals surface area (Å²) in [5.74, 6) is 3.87. The monoisotopic (exact) mass is 278 g/mol. The first kappa shape index (κ1) is 13.1. The van der Waals surface area contributed by atoms with E-state index in [4.69, 9.17) is 5.11 Å². The van der Waals surface area contributed by atoms with Crippen molar-refractivity contribution in [2.45, 2.75) is 0 Å². The molecule has 6 nitrogen and oxygen atoms in total. The van der Waals surface area contributed by atoms with Crippen LogP contribution >= 0.6 is 11.5 Å². The maximum atomic E-state index is 13.1. The fourth-order valence-electron chi connectivity index (χ4n) is 1.30. The van der Waals surface area contributed by atoms with Crippen molar-refractivity contribution >= 4 is 22.6 Å². The van der Waals surface area contributed by atoms with Gasteiger partial charge >= 0.3 is 0 Å². The highest BCUT2D eigenvalue weighted by Gasteiger charge is 2.13. The number of carbonyl (C=O) groups is 1. The molecule has 1 aromatic heterocycles. The van der Waals surface area contributed by atoms with Gasteiger partial charge in [-0.2, -0.15) is 0 Å². The number of nitrogens with one attached hydrogen (secondary N) is 1. The van der Waals surface area contributed by atoms with Crippen LogP contribution in [-0.2, 0) is 0 Å². The number of nitrogens with zero attached hydrogens (tertiary/aromatic N) is 3. The van der Waals surface area contributed by atoms with Gasteiger partial charge in [-0.05, 0) is 23.4 Å². The van der Waals surface area contributed by atoms with Crippen molar-refractivity contribution in [1.29, 1.82) is 0 Å². The van der Waals surface area contributed by atoms with Gasteiger partial charge in [-0.25, -0.2) is 4.39 Å². The van der Waals surface area contributed by atoms with Crippen LogP contribution in [0, 0.1) is 17.7 Å². The van der Waals surface area contributed by atoms with Gasteiger partial charge < -0.3 is 5.11 Å². The molecule has 2 aromatic rings. The summed E-state index contributed by atoms with van der Waals surface area (Å²) >= 11 is 0.919. The van der Waals surface area contributed by atoms with Crippen molar-refractivity contribution < 1.29 is 14.3 Å². The number of benzene rings is 1. The fraction of sp³-hybridized carbons (Fsp3) is 0.0909. The normalized spacial score (nSPS) is 9.58. The average Bonchev–Trinajstić information content (AvgIpc) is 2.89. The third kappa shape index (κ3) is 3.31. The van der Waals surface area contributed by atoms with E-state index in [-0.39, 0.29) is 22.9 Å². The summed E-state index contributed by atoms with van der Waals surface area (Å²) in [7, 11) is 0. The van der Waals surface area contributed by atoms with Crippen LogP contribution in [0.25, 0.3) is 0 Å². The number of aromatic nitrogens is 3. The highest BCUT2D eigenvalue weighted by Crippen LogP contribution is 2.13. The molecule has 0 aliphatic carbocycles. The molecule has 1 amide bonds. The molecular formula is C11H7FN4O2S. The number of aliphatic hydroxyl groups is 1. The van der Waals surface area contributed by atoms with E-state index in [0.717, 1.165) is 23.7 Å². The van der Waals surface area contributed by atoms with Crippen LogP contribution < -0.4 is 5.32 Å². The Kier molecular flexibility index (Phi) is 4.12. The number of anilines is 1. The van der Waals surface area contributed by atoms with E-state index >= 15 is 0 Å². The number of halogens is 1. The van der Waals surface area contributed by atoms with E-state index in [1.165, 1.54) is 6.07 Å². The van der Waals surface area contributed by atoms with Gasteiger partial charge in [0.05, 0.1) is 5.56 Å². The van der Waals surface area contributed by atoms with E-state index < -0.39 is 11.7 Å². The van der Waals surface area contributed by atoms with E-state index in [9.17, 15) is 9.18 Å². The third-order valence-electron chi connectivity index (χ3n) is 2.05. The summed E-state index contributed by atoms with van der Waals surface area (Å²) in [4.78, 5) is 12.0. The molecule has 0 saturated heterocycles. The van der Waals surface area contributed by atoms with Crippen LogP contribution in [0.1, 0.15) is 15.9 Å². The SMILES string of the molecule is O=C(Nc1nnns1)c1ccc(F)cc1C#CCO. The minimum absolute atomic E-state index is 0.178. The molecule has 0 bridgehead atoms. The van der Waals surface area contributed by atoms with Crippen molar-refractivity contribution in [2.75, 3.05) is 11.9 Å². The van der Waals surface area contributed by atoms with Gasteiger partial charge in [0.2, 0.25) is 5.13 Å². The molecule has 0 fully saturated rings. The summed E-state index contributed by atoms with van der Waals surface area (Å²) in [6, 6.07) is 3.58. The Labute approximate surface area is 111 Å². The maximum Gasteiger partial charge on any atom is 0.258 e. The van der Waals surface area contributed by atoms with Crippen LogP contribution in [0.2, 0.25) is 0 Å². The van der Waals surface area contributed by atoms with Crippen molar-refractivity contribution in [2.24, 2.45) is 0 Å². The highest BCUT2D eigenvalue weighted by atomic mass is 32.1. The second-order valence-electron chi connectivity index (χ2n) is 3.27. The van der Waals surface area contributed by atoms with Crippen molar-refractivity contribution in [3.8, 4) is 11.8 Å². The number of carbonyl (C=O) groups excluding carboxylic acids is 1. The van der Waals surface area contributed by atoms with Crippen LogP contribution in [-0.4, -0.2) is 32.4 Å². The van der Waals surface area contributed by atoms with Gasteiger partial charge in [0, 0.05) is 17.1 Å². The summed E-state index contributed by atoms with van der Waals surface area (Å²) in [5.41, 5.74) is 0.363. The smallest absolute Gasteiger partial charge is 0.258 e. The molecule has 0 unspecified atom stereocenters. The molecule has 1 heterocycles. The lowest BCUT2D eigenvalue weighted by atomic mass is 10.1. The zero-order valence-electron chi connectivity index (χ0n) is 9.42. The zero-order chi connectivity index (χ0) is 13.7. The Hall–Kier alpha value is -2.37. The molecule has 8 heteroatoms. The van der Waals surface area contributed by atoms with E-state index in [1.807, 2.05) is 0 Å². The van der Waals surface area contributed by atoms with E-state index in [2.05, 4.69) is 32.0 Å². The second-order valence-corrected chi connectivity index (χ2v) is 4.00. The van der Waals surface area contributed by atoms with Gasteiger partial charge in [-0.15, -0.1) is 0 Å². The van der Waals surface area contributed by atoms with Gasteiger partial charge in [-0.1, -0.05) is 21.4 Å². The molecule has 0 spiro atoms. The predicted molar refractivity (Wildman–Crippen MR) is 66.0 cm³/mol. The highest BCUT2D eigenvalue weighted by molar-refractivity contribution is 7.09. The molecule has 0 aliphatic rings. The standard InChI is InChI=1S/C11H7FN4O2S/c12-8-3-4-9(7(6-8)2-1-5-17)10(18)13-11-14-15-16-19-11/h3-4,6,17H,5H2,(H,13,14,16,18). The van der Waals surface area contributed by atoms with Crippen molar-refractivity contribution in [3.05, 3.63) is 35.1 Å². The first-order valence-electron chi connectivity index (χ1n) is 5.06. The van der Waals surface area contributed by atoms with Crippen molar-refractivity contribution in [1.82, 2.24) is 14.8 Å². The average molecular weight is 278 g/mol. The molecule has 0 radical (unpaired) electrons. The Bertz CT molecular complexity index is 648. The maximum absolute atomic E-state index is 13.1. The number of aliphatic hydroxyl groups excluding tert-OH is 1. The van der Waals surface area contributed by atoms with E-state index in [0.29, 0.717) is 0 Å². The minimum Gasteiger partial charge on any atom is -0.384 e. The van der Waals surface area contributed by atoms with Gasteiger partial charge in [0.1, 0.15) is 12.4 Å². The Balaban J connectivity index is 2.30. The molecule has 2 rings (SSSR count). The summed E-state index contributed by atoms with van der Waals surface area (Å²) < 4.78 is 16.6. The minimum atomic E-state index is -0.517. The molecule has 19 heavy (non-hydrogen) atoms. The van der Waals surface area contributed by atoms with Crippen molar-refractivity contribution in [3.63, 3.8) is 0 Å². The lowest BCUT2D eigenvalue weighted by molar-refractivity contribution is 0.102.